The van der Waals surface area contributed by atoms with Crippen molar-refractivity contribution in [2.45, 2.75) is 13.8 Å². The molecule has 0 saturated heterocycles. The summed E-state index contributed by atoms with van der Waals surface area (Å²) in [7, 11) is 0. The fraction of sp³-hybridized carbons (Fsp3) is 0.214. The first kappa shape index (κ1) is 12.7. The average Bonchev–Trinajstić information content (AvgIpc) is 2.37. The molecule has 0 unspecified atom stereocenters. The molecule has 1 aromatic heterocycles. The summed E-state index contributed by atoms with van der Waals surface area (Å²) in [6.45, 7) is 4.53. The van der Waals surface area contributed by atoms with Gasteiger partial charge in [-0.1, -0.05) is 11.6 Å². The number of nitrogens with zero attached hydrogens (tertiary/aromatic N) is 1. The van der Waals surface area contributed by atoms with Crippen molar-refractivity contribution in [2.24, 2.45) is 0 Å². The number of halogens is 1. The van der Waals surface area contributed by atoms with Crippen molar-refractivity contribution < 1.29 is 9.47 Å². The van der Waals surface area contributed by atoms with Gasteiger partial charge in [-0.25, -0.2) is 4.98 Å². The molecule has 18 heavy (non-hydrogen) atoms. The van der Waals surface area contributed by atoms with Gasteiger partial charge in [0.15, 0.2) is 0 Å². The lowest BCUT2D eigenvalue weighted by atomic mass is 10.3. The minimum absolute atomic E-state index is 0.418. The predicted molar refractivity (Wildman–Crippen MR) is 71.7 cm³/mol. The van der Waals surface area contributed by atoms with E-state index >= 15 is 0 Å². The Hall–Kier alpha value is -1.74. The largest absolute Gasteiger partial charge is 0.494 e. The molecule has 94 valence electrons. The average molecular weight is 264 g/mol. The summed E-state index contributed by atoms with van der Waals surface area (Å²) in [4.78, 5) is 3.98. The molecule has 2 rings (SSSR count). The highest BCUT2D eigenvalue weighted by Gasteiger charge is 2.03. The molecule has 0 bridgehead atoms. The van der Waals surface area contributed by atoms with Crippen LogP contribution in [-0.2, 0) is 0 Å². The fourth-order valence-electron chi connectivity index (χ4n) is 1.49. The summed E-state index contributed by atoms with van der Waals surface area (Å²) in [5.41, 5.74) is 0.938. The van der Waals surface area contributed by atoms with Crippen molar-refractivity contribution in [3.63, 3.8) is 0 Å². The van der Waals surface area contributed by atoms with Gasteiger partial charge >= 0.3 is 0 Å². The molecule has 0 N–H and O–H groups in total. The van der Waals surface area contributed by atoms with Crippen LogP contribution < -0.4 is 9.47 Å². The number of hydrogen-bond acceptors (Lipinski definition) is 3. The minimum Gasteiger partial charge on any atom is -0.494 e. The summed E-state index contributed by atoms with van der Waals surface area (Å²) in [6, 6.07) is 9.17. The molecular formula is C14H14ClNO2. The lowest BCUT2D eigenvalue weighted by Gasteiger charge is -2.09. The van der Waals surface area contributed by atoms with Crippen LogP contribution in [0.1, 0.15) is 12.5 Å². The highest BCUT2D eigenvalue weighted by molar-refractivity contribution is 6.29. The quantitative estimate of drug-likeness (QED) is 0.774. The normalized spacial score (nSPS) is 10.2. The van der Waals surface area contributed by atoms with Crippen molar-refractivity contribution in [1.29, 1.82) is 0 Å². The van der Waals surface area contributed by atoms with Gasteiger partial charge in [-0.2, -0.15) is 0 Å². The Morgan fingerprint density at radius 3 is 2.50 bits per heavy atom. The van der Waals surface area contributed by atoms with E-state index in [2.05, 4.69) is 4.98 Å². The van der Waals surface area contributed by atoms with Crippen LogP contribution in [0.25, 0.3) is 0 Å². The Morgan fingerprint density at radius 1 is 1.17 bits per heavy atom. The predicted octanol–water partition coefficient (Wildman–Crippen LogP) is 4.23. The van der Waals surface area contributed by atoms with E-state index in [4.69, 9.17) is 21.1 Å². The number of aromatic nitrogens is 1. The summed E-state index contributed by atoms with van der Waals surface area (Å²) in [5, 5.41) is 0.418. The Labute approximate surface area is 111 Å². The molecule has 0 aliphatic rings. The maximum Gasteiger partial charge on any atom is 0.134 e. The van der Waals surface area contributed by atoms with Crippen LogP contribution in [-0.4, -0.2) is 11.6 Å². The van der Waals surface area contributed by atoms with Crippen molar-refractivity contribution in [3.05, 3.63) is 47.2 Å². The second-order valence-electron chi connectivity index (χ2n) is 3.78. The second kappa shape index (κ2) is 5.74. The zero-order chi connectivity index (χ0) is 13.0. The number of hydrogen-bond donors (Lipinski definition) is 0. The van der Waals surface area contributed by atoms with Crippen molar-refractivity contribution in [3.8, 4) is 17.2 Å². The van der Waals surface area contributed by atoms with Gasteiger partial charge in [0, 0.05) is 17.8 Å². The monoisotopic (exact) mass is 263 g/mol. The van der Waals surface area contributed by atoms with Crippen LogP contribution in [0.2, 0.25) is 5.15 Å². The molecular weight excluding hydrogens is 250 g/mol. The van der Waals surface area contributed by atoms with Crippen molar-refractivity contribution >= 4 is 11.6 Å². The first-order chi connectivity index (χ1) is 8.69. The van der Waals surface area contributed by atoms with E-state index in [9.17, 15) is 0 Å². The molecule has 0 radical (unpaired) electrons. The van der Waals surface area contributed by atoms with Gasteiger partial charge in [0.2, 0.25) is 0 Å². The topological polar surface area (TPSA) is 31.4 Å². The third kappa shape index (κ3) is 3.14. The van der Waals surface area contributed by atoms with Gasteiger partial charge in [-0.15, -0.1) is 0 Å². The van der Waals surface area contributed by atoms with Gasteiger partial charge in [-0.05, 0) is 38.1 Å². The van der Waals surface area contributed by atoms with Gasteiger partial charge in [0.1, 0.15) is 22.4 Å². The van der Waals surface area contributed by atoms with Gasteiger partial charge < -0.3 is 9.47 Å². The van der Waals surface area contributed by atoms with Crippen LogP contribution in [0.4, 0.5) is 0 Å². The Balaban J connectivity index is 2.15. The Kier molecular flexibility index (Phi) is 4.05. The lowest BCUT2D eigenvalue weighted by Crippen LogP contribution is -1.92. The number of aryl methyl sites for hydroxylation is 1. The molecule has 1 heterocycles. The first-order valence-electron chi connectivity index (χ1n) is 5.72. The molecule has 2 aromatic rings. The van der Waals surface area contributed by atoms with Crippen LogP contribution in [0.3, 0.4) is 0 Å². The van der Waals surface area contributed by atoms with Crippen molar-refractivity contribution in [2.75, 3.05) is 6.61 Å². The zero-order valence-corrected chi connectivity index (χ0v) is 11.1. The molecule has 0 aliphatic heterocycles. The molecule has 0 atom stereocenters. The molecule has 0 spiro atoms. The van der Waals surface area contributed by atoms with E-state index in [0.29, 0.717) is 17.5 Å². The van der Waals surface area contributed by atoms with Gasteiger partial charge in [0.25, 0.3) is 0 Å². The van der Waals surface area contributed by atoms with Crippen LogP contribution in [0.5, 0.6) is 17.2 Å². The number of rotatable bonds is 4. The summed E-state index contributed by atoms with van der Waals surface area (Å²) in [5.74, 6) is 2.28. The molecule has 0 saturated carbocycles. The maximum atomic E-state index is 5.84. The minimum atomic E-state index is 0.418. The molecule has 0 aliphatic carbocycles. The smallest absolute Gasteiger partial charge is 0.134 e. The molecule has 0 amide bonds. The van der Waals surface area contributed by atoms with E-state index in [1.807, 2.05) is 38.1 Å². The Morgan fingerprint density at radius 2 is 1.83 bits per heavy atom. The van der Waals surface area contributed by atoms with E-state index in [1.54, 1.807) is 12.3 Å². The second-order valence-corrected chi connectivity index (χ2v) is 4.17. The van der Waals surface area contributed by atoms with E-state index in [1.165, 1.54) is 0 Å². The number of benzene rings is 1. The summed E-state index contributed by atoms with van der Waals surface area (Å²) < 4.78 is 11.1. The van der Waals surface area contributed by atoms with E-state index < -0.39 is 0 Å². The third-order valence-electron chi connectivity index (χ3n) is 2.38. The molecule has 0 fully saturated rings. The van der Waals surface area contributed by atoms with E-state index in [0.717, 1.165) is 17.1 Å². The SMILES string of the molecule is CCOc1ccc(Oc2cc(Cl)ncc2C)cc1. The first-order valence-corrected chi connectivity index (χ1v) is 6.09. The standard InChI is InChI=1S/C14H14ClNO2/c1-3-17-11-4-6-12(7-5-11)18-13-8-14(15)16-9-10(13)2/h4-9H,3H2,1-2H3. The molecule has 3 nitrogen and oxygen atoms in total. The van der Waals surface area contributed by atoms with Gasteiger partial charge in [-0.3, -0.25) is 0 Å². The van der Waals surface area contributed by atoms with Crippen LogP contribution >= 0.6 is 11.6 Å². The van der Waals surface area contributed by atoms with Crippen LogP contribution in [0, 0.1) is 6.92 Å². The number of pyridine rings is 1. The highest BCUT2D eigenvalue weighted by atomic mass is 35.5. The molecule has 4 heteroatoms. The fourth-order valence-corrected chi connectivity index (χ4v) is 1.64. The summed E-state index contributed by atoms with van der Waals surface area (Å²) >= 11 is 5.84. The summed E-state index contributed by atoms with van der Waals surface area (Å²) in [6.07, 6.45) is 1.69. The molecule has 1 aromatic carbocycles. The Bertz CT molecular complexity index is 526. The van der Waals surface area contributed by atoms with E-state index in [-0.39, 0.29) is 0 Å². The van der Waals surface area contributed by atoms with Gasteiger partial charge in [0.05, 0.1) is 6.61 Å². The van der Waals surface area contributed by atoms with Crippen molar-refractivity contribution in [1.82, 2.24) is 4.98 Å². The maximum absolute atomic E-state index is 5.84. The highest BCUT2D eigenvalue weighted by Crippen LogP contribution is 2.27. The zero-order valence-electron chi connectivity index (χ0n) is 10.3. The van der Waals surface area contributed by atoms with Crippen LogP contribution in [0.15, 0.2) is 36.5 Å². The number of ether oxygens (including phenoxy) is 2. The lowest BCUT2D eigenvalue weighted by molar-refractivity contribution is 0.339. The third-order valence-corrected chi connectivity index (χ3v) is 2.59.